The molecule has 3 heteroatoms. The standard InChI is InChI=1S/C59H40N2S/c1-59(2)51-27-12-10-24-49(51)57-48(26-15-28-52(57)59)45-21-8-9-22-46(45)54-36-53(60-58(61-54)38-17-4-3-5-18-38)42-33-40(32-41(34-42)44-25-14-19-37-16-6-7-20-43(37)44)39-30-31-56-50(35-39)47-23-11-13-29-55(47)62-56/h3-36H,1-2H3. The van der Waals surface area contributed by atoms with E-state index in [1.165, 1.54) is 69.9 Å². The van der Waals surface area contributed by atoms with E-state index in [0.29, 0.717) is 5.82 Å². The summed E-state index contributed by atoms with van der Waals surface area (Å²) >= 11 is 1.85. The van der Waals surface area contributed by atoms with E-state index in [4.69, 9.17) is 9.97 Å². The zero-order chi connectivity index (χ0) is 41.4. The zero-order valence-corrected chi connectivity index (χ0v) is 35.2. The Morgan fingerprint density at radius 1 is 0.355 bits per heavy atom. The molecule has 1 aliphatic rings. The van der Waals surface area contributed by atoms with Gasteiger partial charge >= 0.3 is 0 Å². The molecule has 0 bridgehead atoms. The van der Waals surface area contributed by atoms with Crippen molar-refractivity contribution in [1.29, 1.82) is 0 Å². The van der Waals surface area contributed by atoms with E-state index in [-0.39, 0.29) is 5.41 Å². The molecule has 2 aromatic heterocycles. The van der Waals surface area contributed by atoms with Crippen LogP contribution >= 0.6 is 11.3 Å². The topological polar surface area (TPSA) is 25.8 Å². The summed E-state index contributed by atoms with van der Waals surface area (Å²) in [4.78, 5) is 10.8. The predicted octanol–water partition coefficient (Wildman–Crippen LogP) is 16.3. The van der Waals surface area contributed by atoms with Crippen molar-refractivity contribution in [2.24, 2.45) is 0 Å². The molecule has 0 aliphatic heterocycles. The Hall–Kier alpha value is -7.46. The minimum atomic E-state index is -0.104. The third-order valence-corrected chi connectivity index (χ3v) is 14.1. The minimum Gasteiger partial charge on any atom is -0.228 e. The lowest BCUT2D eigenvalue weighted by Gasteiger charge is -2.22. The van der Waals surface area contributed by atoms with Crippen LogP contribution in [0.4, 0.5) is 0 Å². The fourth-order valence-corrected chi connectivity index (χ4v) is 10.9. The Bertz CT molecular complexity index is 3550. The summed E-state index contributed by atoms with van der Waals surface area (Å²) in [7, 11) is 0. The van der Waals surface area contributed by atoms with Crippen LogP contribution in [-0.2, 0) is 5.41 Å². The normalized spacial score (nSPS) is 12.8. The van der Waals surface area contributed by atoms with Crippen LogP contribution in [0.25, 0.3) is 109 Å². The molecule has 0 fully saturated rings. The second-order valence-corrected chi connectivity index (χ2v) is 18.0. The average molecular weight is 809 g/mol. The highest BCUT2D eigenvalue weighted by atomic mass is 32.1. The molecule has 0 N–H and O–H groups in total. The Kier molecular flexibility index (Phi) is 8.41. The highest BCUT2D eigenvalue weighted by Crippen LogP contribution is 2.53. The summed E-state index contributed by atoms with van der Waals surface area (Å²) in [6, 6.07) is 75.0. The molecule has 0 saturated heterocycles. The van der Waals surface area contributed by atoms with Crippen LogP contribution < -0.4 is 0 Å². The zero-order valence-electron chi connectivity index (χ0n) is 34.4. The predicted molar refractivity (Wildman–Crippen MR) is 263 cm³/mol. The van der Waals surface area contributed by atoms with Gasteiger partial charge in [-0.05, 0) is 109 Å². The van der Waals surface area contributed by atoms with Crippen molar-refractivity contribution in [1.82, 2.24) is 9.97 Å². The summed E-state index contributed by atoms with van der Waals surface area (Å²) in [5.74, 6) is 0.695. The van der Waals surface area contributed by atoms with Crippen molar-refractivity contribution in [2.75, 3.05) is 0 Å². The molecule has 11 aromatic rings. The van der Waals surface area contributed by atoms with Gasteiger partial charge in [-0.3, -0.25) is 0 Å². The summed E-state index contributed by atoms with van der Waals surface area (Å²) in [5.41, 5.74) is 17.1. The van der Waals surface area contributed by atoms with Gasteiger partial charge in [0.15, 0.2) is 5.82 Å². The van der Waals surface area contributed by atoms with E-state index < -0.39 is 0 Å². The summed E-state index contributed by atoms with van der Waals surface area (Å²) in [6.07, 6.45) is 0. The van der Waals surface area contributed by atoms with Crippen molar-refractivity contribution in [2.45, 2.75) is 19.3 Å². The van der Waals surface area contributed by atoms with Gasteiger partial charge in [-0.15, -0.1) is 11.3 Å². The maximum Gasteiger partial charge on any atom is 0.160 e. The minimum absolute atomic E-state index is 0.104. The lowest BCUT2D eigenvalue weighted by atomic mass is 9.81. The lowest BCUT2D eigenvalue weighted by Crippen LogP contribution is -2.14. The van der Waals surface area contributed by atoms with Crippen molar-refractivity contribution in [3.05, 3.63) is 217 Å². The van der Waals surface area contributed by atoms with Crippen LogP contribution in [0, 0.1) is 0 Å². The number of fused-ring (bicyclic) bond motifs is 7. The number of aromatic nitrogens is 2. The molecule has 62 heavy (non-hydrogen) atoms. The van der Waals surface area contributed by atoms with Gasteiger partial charge in [0.2, 0.25) is 0 Å². The number of rotatable bonds is 6. The first kappa shape index (κ1) is 36.4. The lowest BCUT2D eigenvalue weighted by molar-refractivity contribution is 0.660. The van der Waals surface area contributed by atoms with Gasteiger partial charge in [0.25, 0.3) is 0 Å². The van der Waals surface area contributed by atoms with Gasteiger partial charge in [-0.25, -0.2) is 9.97 Å². The van der Waals surface area contributed by atoms with Gasteiger partial charge in [0, 0.05) is 42.3 Å². The van der Waals surface area contributed by atoms with Crippen LogP contribution in [0.5, 0.6) is 0 Å². The highest BCUT2D eigenvalue weighted by Gasteiger charge is 2.36. The Balaban J connectivity index is 1.10. The van der Waals surface area contributed by atoms with E-state index in [9.17, 15) is 0 Å². The molecule has 12 rings (SSSR count). The van der Waals surface area contributed by atoms with Crippen LogP contribution in [0.2, 0.25) is 0 Å². The van der Waals surface area contributed by atoms with Crippen molar-refractivity contribution in [3.63, 3.8) is 0 Å². The number of benzene rings is 9. The van der Waals surface area contributed by atoms with Crippen LogP contribution in [0.15, 0.2) is 206 Å². The Labute approximate surface area is 365 Å². The fourth-order valence-electron chi connectivity index (χ4n) is 9.85. The summed E-state index contributed by atoms with van der Waals surface area (Å²) < 4.78 is 2.60. The molecule has 0 atom stereocenters. The maximum atomic E-state index is 5.41. The van der Waals surface area contributed by atoms with Crippen LogP contribution in [0.1, 0.15) is 25.0 Å². The van der Waals surface area contributed by atoms with Crippen molar-refractivity contribution >= 4 is 42.3 Å². The molecule has 0 amide bonds. The number of thiophene rings is 1. The molecule has 292 valence electrons. The molecule has 2 nitrogen and oxygen atoms in total. The number of hydrogen-bond acceptors (Lipinski definition) is 3. The molecular weight excluding hydrogens is 769 g/mol. The summed E-state index contributed by atoms with van der Waals surface area (Å²) in [5, 5.41) is 5.02. The number of hydrogen-bond donors (Lipinski definition) is 0. The third kappa shape index (κ3) is 5.92. The Morgan fingerprint density at radius 2 is 0.968 bits per heavy atom. The first-order chi connectivity index (χ1) is 30.5. The van der Waals surface area contributed by atoms with Gasteiger partial charge in [0.1, 0.15) is 0 Å². The molecule has 0 radical (unpaired) electrons. The van der Waals surface area contributed by atoms with Gasteiger partial charge in [-0.2, -0.15) is 0 Å². The highest BCUT2D eigenvalue weighted by molar-refractivity contribution is 7.25. The molecular formula is C59H40N2S. The second-order valence-electron chi connectivity index (χ2n) is 16.9. The SMILES string of the molecule is CC1(C)c2ccccc2-c2c(-c3ccccc3-c3cc(-c4cc(-c5ccc6sc7ccccc7c6c5)cc(-c5cccc6ccccc56)c4)nc(-c4ccccc4)n3)cccc21. The fraction of sp³-hybridized carbons (Fsp3) is 0.0508. The number of nitrogens with zero attached hydrogens (tertiary/aromatic N) is 2. The molecule has 1 aliphatic carbocycles. The third-order valence-electron chi connectivity index (χ3n) is 12.9. The Morgan fingerprint density at radius 3 is 1.85 bits per heavy atom. The molecule has 9 aromatic carbocycles. The molecule has 0 spiro atoms. The first-order valence-corrected chi connectivity index (χ1v) is 22.1. The average Bonchev–Trinajstić information content (AvgIpc) is 3.82. The van der Waals surface area contributed by atoms with Crippen molar-refractivity contribution in [3.8, 4) is 78.4 Å². The largest absolute Gasteiger partial charge is 0.228 e. The van der Waals surface area contributed by atoms with E-state index >= 15 is 0 Å². The van der Waals surface area contributed by atoms with E-state index in [1.807, 2.05) is 17.4 Å². The first-order valence-electron chi connectivity index (χ1n) is 21.3. The van der Waals surface area contributed by atoms with Gasteiger partial charge in [-0.1, -0.05) is 178 Å². The van der Waals surface area contributed by atoms with Gasteiger partial charge in [0.05, 0.1) is 11.4 Å². The molecule has 0 saturated carbocycles. The molecule has 2 heterocycles. The van der Waals surface area contributed by atoms with E-state index in [2.05, 4.69) is 214 Å². The quantitative estimate of drug-likeness (QED) is 0.167. The van der Waals surface area contributed by atoms with Crippen LogP contribution in [0.3, 0.4) is 0 Å². The van der Waals surface area contributed by atoms with E-state index in [0.717, 1.165) is 44.8 Å². The summed E-state index contributed by atoms with van der Waals surface area (Å²) in [6.45, 7) is 4.69. The second kappa shape index (κ2) is 14.3. The molecule has 0 unspecified atom stereocenters. The smallest absolute Gasteiger partial charge is 0.160 e. The monoisotopic (exact) mass is 808 g/mol. The van der Waals surface area contributed by atoms with Crippen LogP contribution in [-0.4, -0.2) is 9.97 Å². The van der Waals surface area contributed by atoms with Gasteiger partial charge < -0.3 is 0 Å². The van der Waals surface area contributed by atoms with E-state index in [1.54, 1.807) is 0 Å². The van der Waals surface area contributed by atoms with Crippen molar-refractivity contribution < 1.29 is 0 Å². The maximum absolute atomic E-state index is 5.41.